The lowest BCUT2D eigenvalue weighted by molar-refractivity contribution is -0.117. The number of anilines is 1. The molecule has 2 unspecified atom stereocenters. The molecule has 0 aliphatic heterocycles. The van der Waals surface area contributed by atoms with Crippen LogP contribution in [0.1, 0.15) is 30.5 Å². The van der Waals surface area contributed by atoms with E-state index in [0.29, 0.717) is 11.7 Å². The van der Waals surface area contributed by atoms with Crippen molar-refractivity contribution in [3.05, 3.63) is 47.7 Å². The van der Waals surface area contributed by atoms with Gasteiger partial charge in [-0.1, -0.05) is 37.3 Å². The predicted octanol–water partition coefficient (Wildman–Crippen LogP) is 2.71. The first-order chi connectivity index (χ1) is 9.28. The zero-order valence-electron chi connectivity index (χ0n) is 10.9. The van der Waals surface area contributed by atoms with Crippen molar-refractivity contribution in [2.45, 2.75) is 25.7 Å². The maximum atomic E-state index is 12.1. The molecule has 3 rings (SSSR count). The molecular weight excluding hydrogens is 238 g/mol. The number of rotatable bonds is 4. The van der Waals surface area contributed by atoms with E-state index in [1.54, 1.807) is 0 Å². The Balaban J connectivity index is 1.61. The monoisotopic (exact) mass is 255 g/mol. The summed E-state index contributed by atoms with van der Waals surface area (Å²) in [7, 11) is 0. The summed E-state index contributed by atoms with van der Waals surface area (Å²) in [6.45, 7) is 2.05. The molecule has 19 heavy (non-hydrogen) atoms. The maximum absolute atomic E-state index is 12.1. The lowest BCUT2D eigenvalue weighted by atomic mass is 10.1. The Labute approximate surface area is 112 Å². The summed E-state index contributed by atoms with van der Waals surface area (Å²) in [5, 5.41) is 9.85. The fraction of sp³-hybridized carbons (Fsp3) is 0.333. The molecule has 1 aliphatic carbocycles. The van der Waals surface area contributed by atoms with Crippen molar-refractivity contribution in [3.8, 4) is 0 Å². The molecule has 0 bridgehead atoms. The van der Waals surface area contributed by atoms with Crippen molar-refractivity contribution in [2.75, 3.05) is 5.32 Å². The number of nitrogens with zero attached hydrogens (tertiary/aromatic N) is 1. The van der Waals surface area contributed by atoms with E-state index < -0.39 is 0 Å². The van der Waals surface area contributed by atoms with Gasteiger partial charge in [-0.3, -0.25) is 9.89 Å². The summed E-state index contributed by atoms with van der Waals surface area (Å²) < 4.78 is 0. The van der Waals surface area contributed by atoms with E-state index in [9.17, 15) is 4.79 Å². The molecule has 1 amide bonds. The highest BCUT2D eigenvalue weighted by atomic mass is 16.2. The summed E-state index contributed by atoms with van der Waals surface area (Å²) in [6, 6.07) is 12.1. The van der Waals surface area contributed by atoms with Gasteiger partial charge in [0.15, 0.2) is 5.82 Å². The summed E-state index contributed by atoms with van der Waals surface area (Å²) in [5.41, 5.74) is 2.28. The van der Waals surface area contributed by atoms with Gasteiger partial charge in [0.2, 0.25) is 5.91 Å². The van der Waals surface area contributed by atoms with Crippen molar-refractivity contribution in [1.29, 1.82) is 0 Å². The van der Waals surface area contributed by atoms with Crippen LogP contribution in [0.3, 0.4) is 0 Å². The number of aromatic amines is 1. The third-order valence-corrected chi connectivity index (χ3v) is 3.62. The van der Waals surface area contributed by atoms with E-state index in [2.05, 4.69) is 27.6 Å². The van der Waals surface area contributed by atoms with E-state index in [1.165, 1.54) is 5.56 Å². The number of hydrogen-bond donors (Lipinski definition) is 2. The molecule has 2 atom stereocenters. The molecule has 1 heterocycles. The quantitative estimate of drug-likeness (QED) is 0.882. The van der Waals surface area contributed by atoms with Gasteiger partial charge in [0.05, 0.1) is 0 Å². The first kappa shape index (κ1) is 12.0. The third kappa shape index (κ3) is 2.52. The fourth-order valence-corrected chi connectivity index (χ4v) is 2.38. The van der Waals surface area contributed by atoms with Crippen molar-refractivity contribution in [1.82, 2.24) is 10.2 Å². The van der Waals surface area contributed by atoms with Crippen LogP contribution in [-0.4, -0.2) is 16.1 Å². The molecule has 1 aliphatic rings. The van der Waals surface area contributed by atoms with Crippen molar-refractivity contribution < 1.29 is 4.79 Å². The molecule has 4 nitrogen and oxygen atoms in total. The van der Waals surface area contributed by atoms with Crippen LogP contribution in [0.15, 0.2) is 36.4 Å². The molecule has 4 heteroatoms. The Morgan fingerprint density at radius 1 is 1.42 bits per heavy atom. The Morgan fingerprint density at radius 2 is 2.21 bits per heavy atom. The van der Waals surface area contributed by atoms with E-state index in [0.717, 1.165) is 18.5 Å². The second kappa shape index (κ2) is 4.88. The van der Waals surface area contributed by atoms with Gasteiger partial charge in [-0.05, 0) is 24.3 Å². The Hall–Kier alpha value is -2.10. The number of H-pyrrole nitrogens is 1. The minimum Gasteiger partial charge on any atom is -0.309 e. The second-order valence-electron chi connectivity index (χ2n) is 4.98. The number of aryl methyl sites for hydroxylation is 1. The molecule has 0 radical (unpaired) electrons. The SMILES string of the molecule is CCc1cc(NC(=O)C2CC2c2ccccc2)n[nH]1. The summed E-state index contributed by atoms with van der Waals surface area (Å²) in [4.78, 5) is 12.1. The van der Waals surface area contributed by atoms with Crippen LogP contribution in [0.5, 0.6) is 0 Å². The van der Waals surface area contributed by atoms with Crippen LogP contribution in [0.4, 0.5) is 5.82 Å². The lowest BCUT2D eigenvalue weighted by Gasteiger charge is -2.01. The van der Waals surface area contributed by atoms with E-state index in [4.69, 9.17) is 0 Å². The zero-order valence-corrected chi connectivity index (χ0v) is 10.9. The van der Waals surface area contributed by atoms with Crippen LogP contribution in [-0.2, 0) is 11.2 Å². The van der Waals surface area contributed by atoms with Gasteiger partial charge in [-0.2, -0.15) is 5.10 Å². The average molecular weight is 255 g/mol. The van der Waals surface area contributed by atoms with Gasteiger partial charge in [0.25, 0.3) is 0 Å². The fourth-order valence-electron chi connectivity index (χ4n) is 2.38. The third-order valence-electron chi connectivity index (χ3n) is 3.62. The van der Waals surface area contributed by atoms with Crippen LogP contribution in [0.25, 0.3) is 0 Å². The standard InChI is InChI=1S/C15H17N3O/c1-2-11-8-14(18-17-11)16-15(19)13-9-12(13)10-6-4-3-5-7-10/h3-8,12-13H,2,9H2,1H3,(H2,16,17,18,19). The lowest BCUT2D eigenvalue weighted by Crippen LogP contribution is -2.14. The number of carbonyl (C=O) groups excluding carboxylic acids is 1. The van der Waals surface area contributed by atoms with Crippen LogP contribution >= 0.6 is 0 Å². The first-order valence-electron chi connectivity index (χ1n) is 6.68. The minimum atomic E-state index is 0.0722. The maximum Gasteiger partial charge on any atom is 0.229 e. The van der Waals surface area contributed by atoms with E-state index in [1.807, 2.05) is 31.2 Å². The first-order valence-corrected chi connectivity index (χ1v) is 6.68. The molecule has 0 saturated heterocycles. The molecule has 1 saturated carbocycles. The molecule has 1 aromatic carbocycles. The number of aromatic nitrogens is 2. The Morgan fingerprint density at radius 3 is 2.89 bits per heavy atom. The van der Waals surface area contributed by atoms with Crippen LogP contribution < -0.4 is 5.32 Å². The van der Waals surface area contributed by atoms with E-state index in [-0.39, 0.29) is 11.8 Å². The Kier molecular flexibility index (Phi) is 3.07. The van der Waals surface area contributed by atoms with Gasteiger partial charge in [-0.25, -0.2) is 0 Å². The number of hydrogen-bond acceptors (Lipinski definition) is 2. The second-order valence-corrected chi connectivity index (χ2v) is 4.98. The normalized spacial score (nSPS) is 21.1. The number of carbonyl (C=O) groups is 1. The molecule has 2 aromatic rings. The molecular formula is C15H17N3O. The molecule has 1 aromatic heterocycles. The smallest absolute Gasteiger partial charge is 0.229 e. The number of benzene rings is 1. The molecule has 98 valence electrons. The summed E-state index contributed by atoms with van der Waals surface area (Å²) in [6.07, 6.45) is 1.82. The van der Waals surface area contributed by atoms with Crippen molar-refractivity contribution in [2.24, 2.45) is 5.92 Å². The summed E-state index contributed by atoms with van der Waals surface area (Å²) >= 11 is 0. The molecule has 2 N–H and O–H groups in total. The highest BCUT2D eigenvalue weighted by Gasteiger charge is 2.43. The van der Waals surface area contributed by atoms with E-state index >= 15 is 0 Å². The molecule has 1 fully saturated rings. The highest BCUT2D eigenvalue weighted by Crippen LogP contribution is 2.47. The topological polar surface area (TPSA) is 57.8 Å². The minimum absolute atomic E-state index is 0.0722. The largest absolute Gasteiger partial charge is 0.309 e. The number of amides is 1. The summed E-state index contributed by atoms with van der Waals surface area (Å²) in [5.74, 6) is 1.15. The Bertz CT molecular complexity index is 576. The van der Waals surface area contributed by atoms with Gasteiger partial charge in [0, 0.05) is 17.7 Å². The highest BCUT2D eigenvalue weighted by molar-refractivity contribution is 5.94. The van der Waals surface area contributed by atoms with Gasteiger partial charge in [-0.15, -0.1) is 0 Å². The van der Waals surface area contributed by atoms with Gasteiger partial charge < -0.3 is 5.32 Å². The molecule has 0 spiro atoms. The van der Waals surface area contributed by atoms with Gasteiger partial charge >= 0.3 is 0 Å². The van der Waals surface area contributed by atoms with Crippen molar-refractivity contribution >= 4 is 11.7 Å². The van der Waals surface area contributed by atoms with Crippen LogP contribution in [0, 0.1) is 5.92 Å². The van der Waals surface area contributed by atoms with Gasteiger partial charge in [0.1, 0.15) is 0 Å². The van der Waals surface area contributed by atoms with Crippen molar-refractivity contribution in [3.63, 3.8) is 0 Å². The average Bonchev–Trinajstić information content (AvgIpc) is 3.13. The predicted molar refractivity (Wildman–Crippen MR) is 73.9 cm³/mol. The zero-order chi connectivity index (χ0) is 13.2. The van der Waals surface area contributed by atoms with Crippen LogP contribution in [0.2, 0.25) is 0 Å². The number of nitrogens with one attached hydrogen (secondary N) is 2.